The largest absolute Gasteiger partial charge is 0.490 e. The molecule has 3 aromatic carbocycles. The quantitative estimate of drug-likeness (QED) is 0.339. The van der Waals surface area contributed by atoms with E-state index in [9.17, 15) is 14.7 Å². The van der Waals surface area contributed by atoms with E-state index in [1.807, 2.05) is 41.5 Å². The lowest BCUT2D eigenvalue weighted by Gasteiger charge is -2.31. The molecule has 216 valence electrons. The summed E-state index contributed by atoms with van der Waals surface area (Å²) in [4.78, 5) is 28.0. The molecule has 8 heteroatoms. The molecule has 2 aliphatic heterocycles. The molecule has 0 radical (unpaired) electrons. The second-order valence-electron chi connectivity index (χ2n) is 11.9. The first-order valence-electron chi connectivity index (χ1n) is 13.8. The van der Waals surface area contributed by atoms with Crippen molar-refractivity contribution in [2.24, 2.45) is 0 Å². The standard InChI is InChI=1S/C33H35ClFNO5/c1-17-22-8-7-13-40-29(22)26(35)14-23(17)27-18(2)24-15-36(31(37)20-9-11-21(34)12-10-20)16-25(24)19(3)28(27)30(32(38)39)41-33(4,5)6/h9-12,14,30H,7-8,13,15-16H2,1-6H3,(H,38,39)/t30-/m0/s1. The Kier molecular flexibility index (Phi) is 7.64. The molecular weight excluding hydrogens is 545 g/mol. The van der Waals surface area contributed by atoms with Crippen molar-refractivity contribution >= 4 is 23.5 Å². The van der Waals surface area contributed by atoms with Crippen LogP contribution in [-0.2, 0) is 29.0 Å². The maximum absolute atomic E-state index is 15.5. The van der Waals surface area contributed by atoms with Crippen LogP contribution in [0.3, 0.4) is 0 Å². The molecule has 3 aromatic rings. The number of halogens is 2. The van der Waals surface area contributed by atoms with Crippen LogP contribution in [0.15, 0.2) is 30.3 Å². The van der Waals surface area contributed by atoms with Crippen molar-refractivity contribution in [2.45, 2.75) is 79.2 Å². The van der Waals surface area contributed by atoms with Crippen LogP contribution in [0.5, 0.6) is 5.75 Å². The van der Waals surface area contributed by atoms with E-state index in [2.05, 4.69) is 0 Å². The second kappa shape index (κ2) is 10.8. The van der Waals surface area contributed by atoms with Gasteiger partial charge in [0, 0.05) is 34.8 Å². The lowest BCUT2D eigenvalue weighted by Crippen LogP contribution is -2.29. The first-order valence-corrected chi connectivity index (χ1v) is 14.2. The van der Waals surface area contributed by atoms with Gasteiger partial charge in [-0.3, -0.25) is 4.79 Å². The fourth-order valence-corrected chi connectivity index (χ4v) is 6.24. The Hall–Kier alpha value is -3.42. The van der Waals surface area contributed by atoms with Gasteiger partial charge in [0.25, 0.3) is 5.91 Å². The molecule has 1 amide bonds. The Morgan fingerprint density at radius 2 is 1.66 bits per heavy atom. The van der Waals surface area contributed by atoms with Gasteiger partial charge in [0.15, 0.2) is 17.7 Å². The van der Waals surface area contributed by atoms with Crippen molar-refractivity contribution in [1.82, 2.24) is 4.90 Å². The van der Waals surface area contributed by atoms with Crippen LogP contribution >= 0.6 is 11.6 Å². The molecule has 0 aromatic heterocycles. The number of carbonyl (C=O) groups excluding carboxylic acids is 1. The Morgan fingerprint density at radius 3 is 2.27 bits per heavy atom. The predicted octanol–water partition coefficient (Wildman–Crippen LogP) is 7.49. The van der Waals surface area contributed by atoms with Crippen molar-refractivity contribution in [3.63, 3.8) is 0 Å². The van der Waals surface area contributed by atoms with Crippen molar-refractivity contribution in [2.75, 3.05) is 6.61 Å². The average Bonchev–Trinajstić information content (AvgIpc) is 3.37. The molecule has 0 unspecified atom stereocenters. The summed E-state index contributed by atoms with van der Waals surface area (Å²) < 4.78 is 27.4. The number of carboxylic acid groups (broad SMARTS) is 1. The minimum atomic E-state index is -1.30. The fraction of sp³-hybridized carbons (Fsp3) is 0.394. The number of amides is 1. The molecule has 0 bridgehead atoms. The van der Waals surface area contributed by atoms with Crippen LogP contribution in [0, 0.1) is 26.6 Å². The van der Waals surface area contributed by atoms with Crippen LogP contribution in [0.4, 0.5) is 4.39 Å². The topological polar surface area (TPSA) is 76.1 Å². The summed E-state index contributed by atoms with van der Waals surface area (Å²) in [5.74, 6) is -1.47. The third-order valence-electron chi connectivity index (χ3n) is 8.06. The van der Waals surface area contributed by atoms with E-state index in [1.54, 1.807) is 29.2 Å². The highest BCUT2D eigenvalue weighted by molar-refractivity contribution is 6.30. The first kappa shape index (κ1) is 29.1. The van der Waals surface area contributed by atoms with E-state index in [0.717, 1.165) is 39.8 Å². The number of ether oxygens (including phenoxy) is 2. The Bertz CT molecular complexity index is 1560. The van der Waals surface area contributed by atoms with Gasteiger partial charge in [-0.15, -0.1) is 0 Å². The van der Waals surface area contributed by atoms with E-state index in [4.69, 9.17) is 21.1 Å². The lowest BCUT2D eigenvalue weighted by molar-refractivity contribution is -0.160. The normalized spacial score (nSPS) is 15.3. The molecule has 0 saturated heterocycles. The number of fused-ring (bicyclic) bond motifs is 2. The molecule has 1 N–H and O–H groups in total. The number of benzene rings is 3. The zero-order valence-corrected chi connectivity index (χ0v) is 25.0. The van der Waals surface area contributed by atoms with Gasteiger partial charge in [0.1, 0.15) is 0 Å². The Labute approximate surface area is 245 Å². The lowest BCUT2D eigenvalue weighted by atomic mass is 9.81. The molecule has 0 aliphatic carbocycles. The summed E-state index contributed by atoms with van der Waals surface area (Å²) in [5, 5.41) is 11.0. The maximum Gasteiger partial charge on any atom is 0.337 e. The number of carbonyl (C=O) groups is 2. The molecule has 0 fully saturated rings. The summed E-state index contributed by atoms with van der Waals surface area (Å²) in [7, 11) is 0. The predicted molar refractivity (Wildman–Crippen MR) is 156 cm³/mol. The van der Waals surface area contributed by atoms with Gasteiger partial charge in [-0.25, -0.2) is 9.18 Å². The van der Waals surface area contributed by atoms with Gasteiger partial charge in [-0.05, 0) is 124 Å². The van der Waals surface area contributed by atoms with Gasteiger partial charge >= 0.3 is 5.97 Å². The van der Waals surface area contributed by atoms with Gasteiger partial charge in [-0.1, -0.05) is 11.6 Å². The molecule has 1 atom stereocenters. The zero-order valence-electron chi connectivity index (χ0n) is 24.3. The van der Waals surface area contributed by atoms with Gasteiger partial charge < -0.3 is 19.5 Å². The van der Waals surface area contributed by atoms with Crippen LogP contribution < -0.4 is 4.74 Å². The van der Waals surface area contributed by atoms with E-state index in [-0.39, 0.29) is 11.7 Å². The van der Waals surface area contributed by atoms with E-state index in [0.29, 0.717) is 53.4 Å². The highest BCUT2D eigenvalue weighted by Gasteiger charge is 2.37. The van der Waals surface area contributed by atoms with Crippen LogP contribution in [0.1, 0.15) is 82.6 Å². The maximum atomic E-state index is 15.5. The van der Waals surface area contributed by atoms with E-state index < -0.39 is 23.5 Å². The summed E-state index contributed by atoms with van der Waals surface area (Å²) in [6.45, 7) is 12.3. The SMILES string of the molecule is Cc1c(-c2c(C)c3c(c(C)c2[C@H](OC(C)(C)C)C(=O)O)CN(C(=O)c2ccc(Cl)cc2)C3)cc(F)c2c1CCCO2. The summed E-state index contributed by atoms with van der Waals surface area (Å²) >= 11 is 6.03. The molecule has 0 saturated carbocycles. The third-order valence-corrected chi connectivity index (χ3v) is 8.31. The first-order chi connectivity index (χ1) is 19.3. The minimum absolute atomic E-state index is 0.145. The molecular formula is C33H35ClFNO5. The number of nitrogens with zero attached hydrogens (tertiary/aromatic N) is 1. The molecule has 2 aliphatic rings. The van der Waals surface area contributed by atoms with Crippen LogP contribution in [0.25, 0.3) is 11.1 Å². The van der Waals surface area contributed by atoms with E-state index in [1.165, 1.54) is 6.07 Å². The molecule has 2 heterocycles. The Balaban J connectivity index is 1.73. The molecule has 5 rings (SSSR count). The van der Waals surface area contributed by atoms with Crippen molar-refractivity contribution in [1.29, 1.82) is 0 Å². The molecule has 6 nitrogen and oxygen atoms in total. The fourth-order valence-electron chi connectivity index (χ4n) is 6.12. The highest BCUT2D eigenvalue weighted by atomic mass is 35.5. The second-order valence-corrected chi connectivity index (χ2v) is 12.3. The van der Waals surface area contributed by atoms with Crippen molar-refractivity contribution < 1.29 is 28.6 Å². The minimum Gasteiger partial charge on any atom is -0.490 e. The number of carboxylic acids is 1. The highest BCUT2D eigenvalue weighted by Crippen LogP contribution is 2.47. The number of hydrogen-bond acceptors (Lipinski definition) is 4. The summed E-state index contributed by atoms with van der Waals surface area (Å²) in [5.41, 5.74) is 6.56. The van der Waals surface area contributed by atoms with Crippen LogP contribution in [0.2, 0.25) is 5.02 Å². The van der Waals surface area contributed by atoms with Gasteiger partial charge in [0.2, 0.25) is 0 Å². The van der Waals surface area contributed by atoms with Gasteiger partial charge in [-0.2, -0.15) is 0 Å². The monoisotopic (exact) mass is 579 g/mol. The summed E-state index contributed by atoms with van der Waals surface area (Å²) in [6, 6.07) is 8.22. The van der Waals surface area contributed by atoms with E-state index >= 15 is 4.39 Å². The average molecular weight is 580 g/mol. The zero-order chi connectivity index (χ0) is 29.8. The van der Waals surface area contributed by atoms with Crippen molar-refractivity contribution in [3.05, 3.63) is 85.7 Å². The number of rotatable bonds is 5. The van der Waals surface area contributed by atoms with Crippen molar-refractivity contribution in [3.8, 4) is 16.9 Å². The molecule has 0 spiro atoms. The number of hydrogen-bond donors (Lipinski definition) is 1. The number of aliphatic carboxylic acids is 1. The van der Waals surface area contributed by atoms with Crippen LogP contribution in [-0.4, -0.2) is 34.1 Å². The third kappa shape index (κ3) is 5.33. The Morgan fingerprint density at radius 1 is 1.02 bits per heavy atom. The molecule has 41 heavy (non-hydrogen) atoms. The van der Waals surface area contributed by atoms with Gasteiger partial charge in [0.05, 0.1) is 12.2 Å². The smallest absolute Gasteiger partial charge is 0.337 e. The summed E-state index contributed by atoms with van der Waals surface area (Å²) in [6.07, 6.45) is 0.150.